The van der Waals surface area contributed by atoms with Crippen molar-refractivity contribution in [2.45, 2.75) is 19.9 Å². The third-order valence-electron chi connectivity index (χ3n) is 2.80. The van der Waals surface area contributed by atoms with Crippen LogP contribution in [0.25, 0.3) is 0 Å². The highest BCUT2D eigenvalue weighted by molar-refractivity contribution is 9.10. The third-order valence-corrected chi connectivity index (χ3v) is 4.09. The van der Waals surface area contributed by atoms with Gasteiger partial charge in [-0.25, -0.2) is 0 Å². The molecule has 1 aromatic carbocycles. The molecule has 1 aromatic rings. The zero-order valence-electron chi connectivity index (χ0n) is 9.99. The largest absolute Gasteiger partial charge is 0.302 e. The monoisotopic (exact) mass is 301 g/mol. The van der Waals surface area contributed by atoms with Crippen LogP contribution in [0.15, 0.2) is 28.7 Å². The molecule has 0 N–H and O–H groups in total. The van der Waals surface area contributed by atoms with Crippen molar-refractivity contribution in [1.29, 1.82) is 0 Å². The molecule has 1 atom stereocenters. The molecule has 0 aromatic heterocycles. The van der Waals surface area contributed by atoms with Gasteiger partial charge in [-0.1, -0.05) is 47.5 Å². The molecule has 0 saturated carbocycles. The number of halogens is 1. The molecule has 1 nitrogen and oxygen atoms in total. The summed E-state index contributed by atoms with van der Waals surface area (Å²) >= 11 is 7.96. The summed E-state index contributed by atoms with van der Waals surface area (Å²) in [5.41, 5.74) is 1.35. The van der Waals surface area contributed by atoms with Gasteiger partial charge in [0.15, 0.2) is 0 Å². The Hall–Kier alpha value is 0.01000. The van der Waals surface area contributed by atoms with E-state index >= 15 is 0 Å². The van der Waals surface area contributed by atoms with Crippen molar-refractivity contribution in [3.05, 3.63) is 34.3 Å². The molecule has 0 bridgehead atoms. The van der Waals surface area contributed by atoms with Gasteiger partial charge in [0.25, 0.3) is 0 Å². The van der Waals surface area contributed by atoms with Gasteiger partial charge < -0.3 is 4.90 Å². The van der Waals surface area contributed by atoms with Gasteiger partial charge in [-0.15, -0.1) is 0 Å². The molecule has 0 aliphatic heterocycles. The Bertz CT molecular complexity index is 313. The summed E-state index contributed by atoms with van der Waals surface area (Å²) in [6.07, 6.45) is 1.20. The van der Waals surface area contributed by atoms with Crippen LogP contribution in [0.2, 0.25) is 0 Å². The highest BCUT2D eigenvalue weighted by Gasteiger charge is 2.09. The fourth-order valence-electron chi connectivity index (χ4n) is 1.74. The summed E-state index contributed by atoms with van der Waals surface area (Å²) in [7, 11) is 2.17. The molecular formula is C13H20BrNS. The molecule has 1 unspecified atom stereocenters. The maximum absolute atomic E-state index is 4.38. The average molecular weight is 302 g/mol. The van der Waals surface area contributed by atoms with Crippen LogP contribution in [-0.4, -0.2) is 24.2 Å². The van der Waals surface area contributed by atoms with Crippen molar-refractivity contribution >= 4 is 28.6 Å². The summed E-state index contributed by atoms with van der Waals surface area (Å²) in [5.74, 6) is 1.66. The lowest BCUT2D eigenvalue weighted by atomic mass is 10.1. The molecular weight excluding hydrogens is 282 g/mol. The van der Waals surface area contributed by atoms with Crippen LogP contribution >= 0.6 is 28.6 Å². The molecule has 16 heavy (non-hydrogen) atoms. The second-order valence-electron chi connectivity index (χ2n) is 4.25. The molecule has 0 heterocycles. The Labute approximate surface area is 113 Å². The first-order valence-corrected chi connectivity index (χ1v) is 7.12. The van der Waals surface area contributed by atoms with E-state index in [4.69, 9.17) is 0 Å². The predicted octanol–water partition coefficient (Wildman–Crippen LogP) is 3.84. The molecule has 0 fully saturated rings. The molecule has 0 radical (unpaired) electrons. The minimum absolute atomic E-state index is 0.691. The Morgan fingerprint density at radius 3 is 2.62 bits per heavy atom. The normalized spacial score (nSPS) is 13.1. The van der Waals surface area contributed by atoms with Crippen molar-refractivity contribution in [1.82, 2.24) is 4.90 Å². The summed E-state index contributed by atoms with van der Waals surface area (Å²) < 4.78 is 1.20. The van der Waals surface area contributed by atoms with Crippen LogP contribution in [0.1, 0.15) is 18.9 Å². The first-order valence-electron chi connectivity index (χ1n) is 5.70. The van der Waals surface area contributed by atoms with Crippen LogP contribution in [0.5, 0.6) is 0 Å². The van der Waals surface area contributed by atoms with E-state index in [0.29, 0.717) is 5.92 Å². The van der Waals surface area contributed by atoms with E-state index in [-0.39, 0.29) is 0 Å². The first-order chi connectivity index (χ1) is 7.67. The van der Waals surface area contributed by atoms with E-state index in [0.717, 1.165) is 18.8 Å². The number of rotatable bonds is 6. The van der Waals surface area contributed by atoms with E-state index < -0.39 is 0 Å². The van der Waals surface area contributed by atoms with Crippen LogP contribution in [0.4, 0.5) is 0 Å². The van der Waals surface area contributed by atoms with Crippen molar-refractivity contribution in [3.8, 4) is 0 Å². The van der Waals surface area contributed by atoms with E-state index in [1.165, 1.54) is 16.5 Å². The molecule has 0 aliphatic rings. The standard InChI is InChI=1S/C13H20BrNS/c1-3-11(10-16)8-15(2)9-12-6-4-5-7-13(12)14/h4-7,11,16H,3,8-10H2,1-2H3. The Kier molecular flexibility index (Phi) is 6.47. The Morgan fingerprint density at radius 2 is 2.06 bits per heavy atom. The van der Waals surface area contributed by atoms with Crippen LogP contribution < -0.4 is 0 Å². The fourth-order valence-corrected chi connectivity index (χ4v) is 2.52. The van der Waals surface area contributed by atoms with Gasteiger partial charge in [-0.2, -0.15) is 12.6 Å². The van der Waals surface area contributed by atoms with E-state index in [9.17, 15) is 0 Å². The van der Waals surface area contributed by atoms with Crippen molar-refractivity contribution in [2.75, 3.05) is 19.3 Å². The lowest BCUT2D eigenvalue weighted by Crippen LogP contribution is -2.26. The smallest absolute Gasteiger partial charge is 0.0242 e. The molecule has 0 aliphatic carbocycles. The maximum atomic E-state index is 4.38. The van der Waals surface area contributed by atoms with E-state index in [1.54, 1.807) is 0 Å². The number of hydrogen-bond donors (Lipinski definition) is 1. The molecule has 3 heteroatoms. The number of nitrogens with zero attached hydrogens (tertiary/aromatic N) is 1. The second-order valence-corrected chi connectivity index (χ2v) is 5.46. The number of hydrogen-bond acceptors (Lipinski definition) is 2. The SMILES string of the molecule is CCC(CS)CN(C)Cc1ccccc1Br. The quantitative estimate of drug-likeness (QED) is 0.782. The van der Waals surface area contributed by atoms with Gasteiger partial charge >= 0.3 is 0 Å². The van der Waals surface area contributed by atoms with Crippen LogP contribution in [0, 0.1) is 5.92 Å². The molecule has 0 amide bonds. The Balaban J connectivity index is 2.51. The average Bonchev–Trinajstić information content (AvgIpc) is 2.29. The zero-order valence-corrected chi connectivity index (χ0v) is 12.5. The molecule has 0 spiro atoms. The summed E-state index contributed by atoms with van der Waals surface area (Å²) in [6.45, 7) is 4.33. The number of thiol groups is 1. The van der Waals surface area contributed by atoms with Gasteiger partial charge in [0.05, 0.1) is 0 Å². The van der Waals surface area contributed by atoms with Gasteiger partial charge in [0, 0.05) is 17.6 Å². The lowest BCUT2D eigenvalue weighted by molar-refractivity contribution is 0.277. The lowest BCUT2D eigenvalue weighted by Gasteiger charge is -2.22. The van der Waals surface area contributed by atoms with Crippen LogP contribution in [-0.2, 0) is 6.54 Å². The highest BCUT2D eigenvalue weighted by Crippen LogP contribution is 2.18. The highest BCUT2D eigenvalue weighted by atomic mass is 79.9. The van der Waals surface area contributed by atoms with Crippen LogP contribution in [0.3, 0.4) is 0 Å². The summed E-state index contributed by atoms with van der Waals surface area (Å²) in [6, 6.07) is 8.40. The van der Waals surface area contributed by atoms with E-state index in [2.05, 4.69) is 71.7 Å². The number of benzene rings is 1. The Morgan fingerprint density at radius 1 is 1.38 bits per heavy atom. The minimum atomic E-state index is 0.691. The van der Waals surface area contributed by atoms with Gasteiger partial charge in [-0.3, -0.25) is 0 Å². The van der Waals surface area contributed by atoms with Gasteiger partial charge in [-0.05, 0) is 30.3 Å². The van der Waals surface area contributed by atoms with E-state index in [1.807, 2.05) is 0 Å². The van der Waals surface area contributed by atoms with Crippen molar-refractivity contribution in [3.63, 3.8) is 0 Å². The van der Waals surface area contributed by atoms with Gasteiger partial charge in [0.2, 0.25) is 0 Å². The third kappa shape index (κ3) is 4.48. The maximum Gasteiger partial charge on any atom is 0.0242 e. The second kappa shape index (κ2) is 7.36. The fraction of sp³-hybridized carbons (Fsp3) is 0.538. The zero-order chi connectivity index (χ0) is 12.0. The topological polar surface area (TPSA) is 3.24 Å². The molecule has 1 rings (SSSR count). The predicted molar refractivity (Wildman–Crippen MR) is 78.1 cm³/mol. The summed E-state index contributed by atoms with van der Waals surface area (Å²) in [4.78, 5) is 2.37. The van der Waals surface area contributed by atoms with Gasteiger partial charge in [0.1, 0.15) is 0 Å². The molecule has 90 valence electrons. The minimum Gasteiger partial charge on any atom is -0.302 e. The first kappa shape index (κ1) is 14.1. The summed E-state index contributed by atoms with van der Waals surface area (Å²) in [5, 5.41) is 0. The van der Waals surface area contributed by atoms with Crippen molar-refractivity contribution < 1.29 is 0 Å². The van der Waals surface area contributed by atoms with Crippen molar-refractivity contribution in [2.24, 2.45) is 5.92 Å². The molecule has 0 saturated heterocycles.